The van der Waals surface area contributed by atoms with Gasteiger partial charge in [-0.25, -0.2) is 0 Å². The number of hydrogen-bond acceptors (Lipinski definition) is 5. The minimum atomic E-state index is -0.505. The molecule has 9 atom stereocenters. The van der Waals surface area contributed by atoms with Crippen molar-refractivity contribution in [2.24, 2.45) is 50.2 Å². The van der Waals surface area contributed by atoms with Crippen LogP contribution >= 0.6 is 0 Å². The summed E-state index contributed by atoms with van der Waals surface area (Å²) in [6, 6.07) is 0. The Kier molecular flexibility index (Phi) is 12.9. The van der Waals surface area contributed by atoms with Gasteiger partial charge in [-0.05, 0) is 111 Å². The lowest BCUT2D eigenvalue weighted by Crippen LogP contribution is -2.66. The van der Waals surface area contributed by atoms with Gasteiger partial charge in [-0.2, -0.15) is 0 Å². The molecule has 0 N–H and O–H groups in total. The molecular weight excluding hydrogens is 645 g/mol. The highest BCUT2D eigenvalue weighted by Crippen LogP contribution is 2.75. The van der Waals surface area contributed by atoms with E-state index in [1.165, 1.54) is 83.3 Å². The third kappa shape index (κ3) is 7.61. The van der Waals surface area contributed by atoms with Gasteiger partial charge in [-0.3, -0.25) is 14.4 Å². The van der Waals surface area contributed by atoms with Crippen molar-refractivity contribution in [1.29, 1.82) is 0 Å². The summed E-state index contributed by atoms with van der Waals surface area (Å²) in [7, 11) is 1.51. The number of esters is 2. The molecule has 296 valence electrons. The third-order valence-corrected chi connectivity index (χ3v) is 16.9. The lowest BCUT2D eigenvalue weighted by Gasteiger charge is -2.70. The van der Waals surface area contributed by atoms with Crippen molar-refractivity contribution in [1.82, 2.24) is 0 Å². The topological polar surface area (TPSA) is 69.7 Å². The summed E-state index contributed by atoms with van der Waals surface area (Å²) in [5, 5.41) is 0. The fourth-order valence-corrected chi connectivity index (χ4v) is 13.3. The van der Waals surface area contributed by atoms with Crippen molar-refractivity contribution >= 4 is 17.7 Å². The van der Waals surface area contributed by atoms with Crippen LogP contribution in [0.15, 0.2) is 11.6 Å². The largest absolute Gasteiger partial charge is 0.469 e. The molecule has 4 fully saturated rings. The predicted molar refractivity (Wildman–Crippen MR) is 212 cm³/mol. The monoisotopic (exact) mass is 723 g/mol. The van der Waals surface area contributed by atoms with E-state index in [9.17, 15) is 14.4 Å². The van der Waals surface area contributed by atoms with Crippen LogP contribution in [0.3, 0.4) is 0 Å². The summed E-state index contributed by atoms with van der Waals surface area (Å²) in [5.41, 5.74) is 0.367. The van der Waals surface area contributed by atoms with E-state index in [1.54, 1.807) is 0 Å². The molecule has 0 radical (unpaired) electrons. The number of carbonyl (C=O) groups excluding carboxylic acids is 3. The maximum Gasteiger partial charge on any atom is 0.311 e. The van der Waals surface area contributed by atoms with Crippen LogP contribution in [0, 0.1) is 50.2 Å². The Morgan fingerprint density at radius 1 is 0.731 bits per heavy atom. The molecule has 0 amide bonds. The van der Waals surface area contributed by atoms with Crippen molar-refractivity contribution < 1.29 is 23.9 Å². The molecule has 0 aliphatic heterocycles. The lowest BCUT2D eigenvalue weighted by molar-refractivity contribution is -0.211. The molecule has 5 aliphatic rings. The summed E-state index contributed by atoms with van der Waals surface area (Å²) in [5.74, 6) is 0.661. The first-order valence-corrected chi connectivity index (χ1v) is 22.1. The van der Waals surface area contributed by atoms with Crippen LogP contribution in [0.5, 0.6) is 0 Å². The second-order valence-electron chi connectivity index (χ2n) is 20.6. The zero-order valence-corrected chi connectivity index (χ0v) is 35.2. The highest BCUT2D eigenvalue weighted by atomic mass is 16.5. The van der Waals surface area contributed by atoms with E-state index in [0.717, 1.165) is 70.6 Å². The Labute approximate surface area is 319 Å². The van der Waals surface area contributed by atoms with E-state index < -0.39 is 5.41 Å². The van der Waals surface area contributed by atoms with Gasteiger partial charge < -0.3 is 9.47 Å². The van der Waals surface area contributed by atoms with Gasteiger partial charge in [-0.1, -0.05) is 131 Å². The highest BCUT2D eigenvalue weighted by molar-refractivity contribution is 5.95. The van der Waals surface area contributed by atoms with E-state index in [1.807, 2.05) is 0 Å². The Morgan fingerprint density at radius 3 is 1.90 bits per heavy atom. The molecular formula is C47H78O5. The Balaban J connectivity index is 1.18. The van der Waals surface area contributed by atoms with E-state index in [4.69, 9.17) is 9.47 Å². The number of allylic oxidation sites excluding steroid dienone is 2. The minimum absolute atomic E-state index is 0.0316. The maximum atomic E-state index is 14.7. The van der Waals surface area contributed by atoms with Gasteiger partial charge in [0.25, 0.3) is 0 Å². The average molecular weight is 723 g/mol. The number of rotatable bonds is 16. The first-order chi connectivity index (χ1) is 24.5. The van der Waals surface area contributed by atoms with Gasteiger partial charge in [0, 0.05) is 17.8 Å². The first kappa shape index (κ1) is 41.5. The maximum absolute atomic E-state index is 14.7. The predicted octanol–water partition coefficient (Wildman–Crippen LogP) is 12.5. The van der Waals surface area contributed by atoms with Crippen molar-refractivity contribution in [2.45, 2.75) is 209 Å². The number of methoxy groups -OCH3 is 1. The summed E-state index contributed by atoms with van der Waals surface area (Å²) in [4.78, 5) is 41.0. The smallest absolute Gasteiger partial charge is 0.311 e. The summed E-state index contributed by atoms with van der Waals surface area (Å²) < 4.78 is 11.7. The van der Waals surface area contributed by atoms with Gasteiger partial charge in [-0.15, -0.1) is 0 Å². The Bertz CT molecular complexity index is 1310. The van der Waals surface area contributed by atoms with Crippen LogP contribution < -0.4 is 0 Å². The van der Waals surface area contributed by atoms with Crippen molar-refractivity contribution in [2.75, 3.05) is 7.11 Å². The molecule has 5 nitrogen and oxygen atoms in total. The molecule has 0 spiro atoms. The SMILES string of the molecule is CCCCCCCCCCCCCCCC(=O)O[C@H]1CC[C@@]2(C)C(CC[C@]3(C)[C@@H]2C(=O)C=C2[C@H]4C[C@@](C)(C(=O)OC)CC[C@]4(C)CC[C@]23C)C1(C)C. The van der Waals surface area contributed by atoms with E-state index in [2.05, 4.69) is 61.5 Å². The van der Waals surface area contributed by atoms with Crippen LogP contribution in [0.25, 0.3) is 0 Å². The van der Waals surface area contributed by atoms with Gasteiger partial charge in [0.05, 0.1) is 12.5 Å². The molecule has 0 bridgehead atoms. The number of carbonyl (C=O) groups is 3. The lowest BCUT2D eigenvalue weighted by atomic mass is 9.33. The molecule has 5 heteroatoms. The fourth-order valence-electron chi connectivity index (χ4n) is 13.3. The fraction of sp³-hybridized carbons (Fsp3) is 0.894. The van der Waals surface area contributed by atoms with Crippen molar-refractivity contribution in [3.63, 3.8) is 0 Å². The standard InChI is InChI=1S/C47H78O5/c1-10-11-12-13-14-15-16-17-18-19-20-21-22-23-39(49)52-38-25-26-45(6)37(42(38,2)3)24-27-47(8)40(45)36(48)32-34-35-33-44(5,41(50)51-9)29-28-43(35,4)30-31-46(34,47)7/h32,35,37-38,40H,10-31,33H2,1-9H3/t35-,37?,38+,40-,43-,44+,45+,46-,47-/m1/s1. The molecule has 0 aromatic heterocycles. The summed E-state index contributed by atoms with van der Waals surface area (Å²) in [6.07, 6.45) is 28.1. The van der Waals surface area contributed by atoms with Gasteiger partial charge in [0.1, 0.15) is 6.10 Å². The van der Waals surface area contributed by atoms with Crippen LogP contribution in [0.1, 0.15) is 203 Å². The van der Waals surface area contributed by atoms with Crippen LogP contribution in [0.2, 0.25) is 0 Å². The van der Waals surface area contributed by atoms with Gasteiger partial charge in [0.2, 0.25) is 0 Å². The Morgan fingerprint density at radius 2 is 1.31 bits per heavy atom. The normalized spacial score (nSPS) is 39.3. The third-order valence-electron chi connectivity index (χ3n) is 16.9. The van der Waals surface area contributed by atoms with E-state index in [-0.39, 0.29) is 57.0 Å². The summed E-state index contributed by atoms with van der Waals surface area (Å²) >= 11 is 0. The molecule has 0 saturated heterocycles. The number of ether oxygens (including phenoxy) is 2. The first-order valence-electron chi connectivity index (χ1n) is 22.1. The number of hydrogen-bond donors (Lipinski definition) is 0. The van der Waals surface area contributed by atoms with Crippen LogP contribution in [-0.4, -0.2) is 30.9 Å². The molecule has 4 saturated carbocycles. The quantitative estimate of drug-likeness (QED) is 0.117. The number of unbranched alkanes of at least 4 members (excludes halogenated alkanes) is 12. The zero-order chi connectivity index (χ0) is 38.0. The van der Waals surface area contributed by atoms with Crippen LogP contribution in [-0.2, 0) is 23.9 Å². The van der Waals surface area contributed by atoms with Gasteiger partial charge >= 0.3 is 11.9 Å². The molecule has 1 unspecified atom stereocenters. The number of fused-ring (bicyclic) bond motifs is 7. The molecule has 5 rings (SSSR count). The number of ketones is 1. The van der Waals surface area contributed by atoms with E-state index in [0.29, 0.717) is 18.1 Å². The van der Waals surface area contributed by atoms with Crippen LogP contribution in [0.4, 0.5) is 0 Å². The molecule has 0 aromatic carbocycles. The second kappa shape index (κ2) is 16.2. The Hall–Kier alpha value is -1.65. The van der Waals surface area contributed by atoms with Crippen molar-refractivity contribution in [3.8, 4) is 0 Å². The molecule has 5 aliphatic carbocycles. The second-order valence-corrected chi connectivity index (χ2v) is 20.6. The molecule has 52 heavy (non-hydrogen) atoms. The van der Waals surface area contributed by atoms with Crippen molar-refractivity contribution in [3.05, 3.63) is 11.6 Å². The molecule has 0 heterocycles. The zero-order valence-electron chi connectivity index (χ0n) is 35.2. The minimum Gasteiger partial charge on any atom is -0.469 e. The summed E-state index contributed by atoms with van der Waals surface area (Å²) in [6.45, 7) is 18.7. The van der Waals surface area contributed by atoms with Gasteiger partial charge in [0.15, 0.2) is 5.78 Å². The molecule has 0 aromatic rings. The van der Waals surface area contributed by atoms with E-state index >= 15 is 0 Å². The highest BCUT2D eigenvalue weighted by Gasteiger charge is 2.70. The average Bonchev–Trinajstić information content (AvgIpc) is 3.09.